The van der Waals surface area contributed by atoms with E-state index in [1.54, 1.807) is 29.2 Å². The summed E-state index contributed by atoms with van der Waals surface area (Å²) in [5.74, 6) is 0.913. The summed E-state index contributed by atoms with van der Waals surface area (Å²) in [7, 11) is -1.09. The van der Waals surface area contributed by atoms with Crippen LogP contribution in [0.5, 0.6) is 17.2 Å². The van der Waals surface area contributed by atoms with Crippen molar-refractivity contribution >= 4 is 21.6 Å². The van der Waals surface area contributed by atoms with Crippen molar-refractivity contribution in [2.45, 2.75) is 17.7 Å². The first-order valence-corrected chi connectivity index (χ1v) is 10.7. The maximum absolute atomic E-state index is 12.9. The fraction of sp³-hybridized carbons (Fsp3) is 0.350. The average molecular weight is 420 g/mol. The second-order valence-corrected chi connectivity index (χ2v) is 8.18. The molecular weight excluding hydrogens is 396 g/mol. The van der Waals surface area contributed by atoms with Crippen molar-refractivity contribution in [1.82, 2.24) is 4.90 Å². The Hall–Kier alpha value is -2.94. The van der Waals surface area contributed by atoms with Gasteiger partial charge in [0.1, 0.15) is 22.1 Å². The molecule has 29 heavy (non-hydrogen) atoms. The normalized spacial score (nSPS) is 13.8. The molecule has 156 valence electrons. The molecular formula is C20H24N2O6S. The molecule has 0 radical (unpaired) electrons. The number of anilines is 1. The van der Waals surface area contributed by atoms with Gasteiger partial charge < -0.3 is 19.1 Å². The van der Waals surface area contributed by atoms with Gasteiger partial charge in [0.2, 0.25) is 0 Å². The zero-order chi connectivity index (χ0) is 20.9. The van der Waals surface area contributed by atoms with Crippen LogP contribution in [0.3, 0.4) is 0 Å². The van der Waals surface area contributed by atoms with Gasteiger partial charge in [0, 0.05) is 25.2 Å². The second-order valence-electron chi connectivity index (χ2n) is 6.53. The smallest absolute Gasteiger partial charge is 0.265 e. The lowest BCUT2D eigenvalue weighted by Gasteiger charge is -2.16. The molecule has 1 N–H and O–H groups in total. The third-order valence-electron chi connectivity index (χ3n) is 4.57. The number of hydrogen-bond acceptors (Lipinski definition) is 6. The SMILES string of the molecule is COc1ccc(OC)c(S(=O)(=O)Nc2cccc(OCC(=O)N3CCCC3)c2)c1. The molecule has 0 bridgehead atoms. The lowest BCUT2D eigenvalue weighted by Crippen LogP contribution is -2.32. The highest BCUT2D eigenvalue weighted by Gasteiger charge is 2.21. The molecule has 1 saturated heterocycles. The van der Waals surface area contributed by atoms with E-state index in [9.17, 15) is 13.2 Å². The Kier molecular flexibility index (Phi) is 6.48. The number of hydrogen-bond donors (Lipinski definition) is 1. The van der Waals surface area contributed by atoms with E-state index in [4.69, 9.17) is 14.2 Å². The van der Waals surface area contributed by atoms with Crippen LogP contribution in [0.25, 0.3) is 0 Å². The lowest BCUT2D eigenvalue weighted by atomic mass is 10.3. The minimum absolute atomic E-state index is 0.0464. The molecule has 1 heterocycles. The Morgan fingerprint density at radius 2 is 1.79 bits per heavy atom. The van der Waals surface area contributed by atoms with Crippen LogP contribution in [-0.2, 0) is 14.8 Å². The number of sulfonamides is 1. The number of nitrogens with zero attached hydrogens (tertiary/aromatic N) is 1. The number of amides is 1. The minimum atomic E-state index is -3.94. The number of rotatable bonds is 8. The standard InChI is InChI=1S/C20H24N2O6S/c1-26-16-8-9-18(27-2)19(13-16)29(24,25)21-15-6-5-7-17(12-15)28-14-20(23)22-10-3-4-11-22/h5-9,12-13,21H,3-4,10-11,14H2,1-2H3. The Balaban J connectivity index is 1.73. The molecule has 0 aromatic heterocycles. The van der Waals surface area contributed by atoms with Crippen molar-refractivity contribution in [3.8, 4) is 17.2 Å². The fourth-order valence-electron chi connectivity index (χ4n) is 3.06. The molecule has 1 aliphatic heterocycles. The van der Waals surface area contributed by atoms with Crippen LogP contribution in [0.2, 0.25) is 0 Å². The maximum Gasteiger partial charge on any atom is 0.265 e. The third kappa shape index (κ3) is 5.11. The van der Waals surface area contributed by atoms with E-state index in [0.29, 0.717) is 17.2 Å². The fourth-order valence-corrected chi connectivity index (χ4v) is 4.29. The molecule has 0 unspecified atom stereocenters. The van der Waals surface area contributed by atoms with Crippen LogP contribution in [0.15, 0.2) is 47.4 Å². The van der Waals surface area contributed by atoms with Gasteiger partial charge in [-0.05, 0) is 37.1 Å². The first-order chi connectivity index (χ1) is 13.9. The number of nitrogens with one attached hydrogen (secondary N) is 1. The zero-order valence-electron chi connectivity index (χ0n) is 16.4. The monoisotopic (exact) mass is 420 g/mol. The molecule has 2 aromatic rings. The molecule has 0 saturated carbocycles. The highest BCUT2D eigenvalue weighted by atomic mass is 32.2. The zero-order valence-corrected chi connectivity index (χ0v) is 17.2. The van der Waals surface area contributed by atoms with E-state index in [-0.39, 0.29) is 23.2 Å². The van der Waals surface area contributed by atoms with Crippen LogP contribution in [-0.4, -0.2) is 53.1 Å². The van der Waals surface area contributed by atoms with Crippen LogP contribution < -0.4 is 18.9 Å². The third-order valence-corrected chi connectivity index (χ3v) is 5.97. The van der Waals surface area contributed by atoms with E-state index in [1.165, 1.54) is 32.4 Å². The minimum Gasteiger partial charge on any atom is -0.497 e. The van der Waals surface area contributed by atoms with Gasteiger partial charge >= 0.3 is 0 Å². The summed E-state index contributed by atoms with van der Waals surface area (Å²) >= 11 is 0. The summed E-state index contributed by atoms with van der Waals surface area (Å²) in [6, 6.07) is 11.0. The first kappa shape index (κ1) is 20.8. The number of carbonyl (C=O) groups is 1. The van der Waals surface area contributed by atoms with E-state index in [2.05, 4.69) is 4.72 Å². The molecule has 3 rings (SSSR count). The Morgan fingerprint density at radius 3 is 2.48 bits per heavy atom. The molecule has 2 aromatic carbocycles. The topological polar surface area (TPSA) is 94.2 Å². The van der Waals surface area contributed by atoms with Crippen LogP contribution in [0, 0.1) is 0 Å². The molecule has 0 aliphatic carbocycles. The molecule has 1 fully saturated rings. The quantitative estimate of drug-likeness (QED) is 0.705. The molecule has 8 nitrogen and oxygen atoms in total. The van der Waals surface area contributed by atoms with Gasteiger partial charge in [-0.3, -0.25) is 9.52 Å². The van der Waals surface area contributed by atoms with Crippen molar-refractivity contribution in [1.29, 1.82) is 0 Å². The van der Waals surface area contributed by atoms with Gasteiger partial charge in [-0.2, -0.15) is 0 Å². The van der Waals surface area contributed by atoms with Gasteiger partial charge in [-0.25, -0.2) is 8.42 Å². The van der Waals surface area contributed by atoms with E-state index >= 15 is 0 Å². The van der Waals surface area contributed by atoms with Gasteiger partial charge in [0.15, 0.2) is 6.61 Å². The summed E-state index contributed by atoms with van der Waals surface area (Å²) in [5, 5.41) is 0. The predicted octanol–water partition coefficient (Wildman–Crippen LogP) is 2.51. The summed E-state index contributed by atoms with van der Waals surface area (Å²) in [4.78, 5) is 13.8. The van der Waals surface area contributed by atoms with E-state index < -0.39 is 10.0 Å². The van der Waals surface area contributed by atoms with Gasteiger partial charge in [-0.1, -0.05) is 6.07 Å². The molecule has 9 heteroatoms. The van der Waals surface area contributed by atoms with E-state index in [0.717, 1.165) is 25.9 Å². The lowest BCUT2D eigenvalue weighted by molar-refractivity contribution is -0.132. The summed E-state index contributed by atoms with van der Waals surface area (Å²) < 4.78 is 44.0. The van der Waals surface area contributed by atoms with Crippen molar-refractivity contribution in [2.75, 3.05) is 38.6 Å². The number of ether oxygens (including phenoxy) is 3. The molecule has 1 aliphatic rings. The molecule has 1 amide bonds. The Morgan fingerprint density at radius 1 is 1.03 bits per heavy atom. The summed E-state index contributed by atoms with van der Waals surface area (Å²) in [6.07, 6.45) is 2.02. The highest BCUT2D eigenvalue weighted by Crippen LogP contribution is 2.30. The van der Waals surface area contributed by atoms with Crippen LogP contribution >= 0.6 is 0 Å². The molecule has 0 atom stereocenters. The van der Waals surface area contributed by atoms with Crippen molar-refractivity contribution in [3.05, 3.63) is 42.5 Å². The van der Waals surface area contributed by atoms with Crippen molar-refractivity contribution in [2.24, 2.45) is 0 Å². The second kappa shape index (κ2) is 9.04. The number of benzene rings is 2. The van der Waals surface area contributed by atoms with Gasteiger partial charge in [0.25, 0.3) is 15.9 Å². The van der Waals surface area contributed by atoms with Crippen molar-refractivity contribution in [3.63, 3.8) is 0 Å². The van der Waals surface area contributed by atoms with Gasteiger partial charge in [0.05, 0.1) is 19.9 Å². The maximum atomic E-state index is 12.9. The number of carbonyl (C=O) groups excluding carboxylic acids is 1. The van der Waals surface area contributed by atoms with Crippen LogP contribution in [0.1, 0.15) is 12.8 Å². The number of likely N-dealkylation sites (tertiary alicyclic amines) is 1. The predicted molar refractivity (Wildman–Crippen MR) is 108 cm³/mol. The Labute approximate surface area is 170 Å². The van der Waals surface area contributed by atoms with E-state index in [1.807, 2.05) is 0 Å². The summed E-state index contributed by atoms with van der Waals surface area (Å²) in [5.41, 5.74) is 0.306. The highest BCUT2D eigenvalue weighted by molar-refractivity contribution is 7.92. The largest absolute Gasteiger partial charge is 0.497 e. The Bertz CT molecular complexity index is 971. The first-order valence-electron chi connectivity index (χ1n) is 9.18. The molecule has 0 spiro atoms. The summed E-state index contributed by atoms with van der Waals surface area (Å²) in [6.45, 7) is 1.43. The van der Waals surface area contributed by atoms with Crippen LogP contribution in [0.4, 0.5) is 5.69 Å². The van der Waals surface area contributed by atoms with Crippen molar-refractivity contribution < 1.29 is 27.4 Å². The number of methoxy groups -OCH3 is 2. The average Bonchev–Trinajstić information content (AvgIpc) is 3.26. The van der Waals surface area contributed by atoms with Gasteiger partial charge in [-0.15, -0.1) is 0 Å².